The van der Waals surface area contributed by atoms with E-state index >= 15 is 0 Å². The van der Waals surface area contributed by atoms with Gasteiger partial charge >= 0.3 is 5.97 Å². The van der Waals surface area contributed by atoms with Gasteiger partial charge in [0.15, 0.2) is 6.61 Å². The number of methoxy groups -OCH3 is 1. The van der Waals surface area contributed by atoms with Crippen molar-refractivity contribution in [2.45, 2.75) is 13.3 Å². The number of carbonyl (C=O) groups excluding carboxylic acids is 3. The van der Waals surface area contributed by atoms with Gasteiger partial charge in [-0.2, -0.15) is 0 Å². The van der Waals surface area contributed by atoms with Crippen LogP contribution in [0, 0.1) is 0 Å². The average molecular weight is 370 g/mol. The lowest BCUT2D eigenvalue weighted by atomic mass is 10.1. The lowest BCUT2D eigenvalue weighted by molar-refractivity contribution is -0.146. The van der Waals surface area contributed by atoms with E-state index in [0.717, 1.165) is 12.0 Å². The number of hydrogen-bond acceptors (Lipinski definition) is 5. The summed E-state index contributed by atoms with van der Waals surface area (Å²) < 4.78 is 9.94. The van der Waals surface area contributed by atoms with Crippen molar-refractivity contribution in [3.8, 4) is 5.75 Å². The predicted octanol–water partition coefficient (Wildman–Crippen LogP) is 2.17. The van der Waals surface area contributed by atoms with Gasteiger partial charge in [-0.15, -0.1) is 0 Å². The van der Waals surface area contributed by atoms with E-state index < -0.39 is 24.4 Å². The number of esters is 1. The molecule has 2 amide bonds. The van der Waals surface area contributed by atoms with Crippen LogP contribution in [0.1, 0.15) is 22.8 Å². The minimum absolute atomic E-state index is 0.338. The minimum atomic E-state index is -0.704. The number of nitrogens with one attached hydrogen (secondary N) is 2. The van der Waals surface area contributed by atoms with Gasteiger partial charge in [0.2, 0.25) is 0 Å². The molecule has 7 heteroatoms. The zero-order chi connectivity index (χ0) is 19.6. The van der Waals surface area contributed by atoms with Gasteiger partial charge in [0, 0.05) is 11.3 Å². The molecular formula is C20H22N2O5. The Morgan fingerprint density at radius 1 is 1.04 bits per heavy atom. The first-order valence-corrected chi connectivity index (χ1v) is 8.49. The number of rotatable bonds is 8. The third-order valence-corrected chi connectivity index (χ3v) is 3.76. The van der Waals surface area contributed by atoms with Crippen LogP contribution in [0.15, 0.2) is 48.5 Å². The lowest BCUT2D eigenvalue weighted by Gasteiger charge is -2.10. The summed E-state index contributed by atoms with van der Waals surface area (Å²) in [5, 5.41) is 5.14. The highest BCUT2D eigenvalue weighted by molar-refractivity contribution is 5.97. The van der Waals surface area contributed by atoms with Gasteiger partial charge in [0.25, 0.3) is 11.8 Å². The first-order chi connectivity index (χ1) is 13.0. The van der Waals surface area contributed by atoms with Crippen molar-refractivity contribution in [1.82, 2.24) is 5.32 Å². The summed E-state index contributed by atoms with van der Waals surface area (Å²) in [5.41, 5.74) is 2.03. The SMILES string of the molecule is CCc1ccccc1NC(=O)COC(=O)CNC(=O)c1cccc(OC)c1. The quantitative estimate of drug-likeness (QED) is 0.695. The molecule has 0 aliphatic heterocycles. The Bertz CT molecular complexity index is 820. The molecule has 7 nitrogen and oxygen atoms in total. The molecule has 0 aliphatic carbocycles. The minimum Gasteiger partial charge on any atom is -0.497 e. The molecule has 2 rings (SSSR count). The molecule has 0 heterocycles. The van der Waals surface area contributed by atoms with E-state index in [0.29, 0.717) is 17.0 Å². The summed E-state index contributed by atoms with van der Waals surface area (Å²) in [6, 6.07) is 13.9. The second-order valence-corrected chi connectivity index (χ2v) is 5.63. The maximum Gasteiger partial charge on any atom is 0.325 e. The highest BCUT2D eigenvalue weighted by Crippen LogP contribution is 2.15. The van der Waals surface area contributed by atoms with Crippen molar-refractivity contribution >= 4 is 23.5 Å². The van der Waals surface area contributed by atoms with Crippen LogP contribution in [0.2, 0.25) is 0 Å². The van der Waals surface area contributed by atoms with Crippen LogP contribution < -0.4 is 15.4 Å². The van der Waals surface area contributed by atoms with Crippen LogP contribution in [-0.4, -0.2) is 38.0 Å². The Balaban J connectivity index is 1.77. The van der Waals surface area contributed by atoms with Crippen molar-refractivity contribution in [2.75, 3.05) is 25.6 Å². The summed E-state index contributed by atoms with van der Waals surface area (Å²) in [7, 11) is 1.50. The topological polar surface area (TPSA) is 93.7 Å². The second kappa shape index (κ2) is 9.96. The Morgan fingerprint density at radius 2 is 1.81 bits per heavy atom. The molecule has 0 unspecified atom stereocenters. The zero-order valence-electron chi connectivity index (χ0n) is 15.3. The van der Waals surface area contributed by atoms with Gasteiger partial charge in [-0.25, -0.2) is 0 Å². The van der Waals surface area contributed by atoms with Crippen molar-refractivity contribution in [3.63, 3.8) is 0 Å². The van der Waals surface area contributed by atoms with E-state index in [1.165, 1.54) is 7.11 Å². The Kier molecular flexibility index (Phi) is 7.37. The van der Waals surface area contributed by atoms with Gasteiger partial charge in [0.05, 0.1) is 7.11 Å². The van der Waals surface area contributed by atoms with Gasteiger partial charge in [-0.05, 0) is 36.2 Å². The highest BCUT2D eigenvalue weighted by Gasteiger charge is 2.12. The molecular weight excluding hydrogens is 348 g/mol. The number of amides is 2. The van der Waals surface area contributed by atoms with Gasteiger partial charge in [-0.3, -0.25) is 14.4 Å². The summed E-state index contributed by atoms with van der Waals surface area (Å²) >= 11 is 0. The third kappa shape index (κ3) is 6.14. The largest absolute Gasteiger partial charge is 0.497 e. The summed E-state index contributed by atoms with van der Waals surface area (Å²) in [4.78, 5) is 35.7. The molecule has 2 N–H and O–H groups in total. The van der Waals surface area contributed by atoms with E-state index in [1.807, 2.05) is 25.1 Å². The van der Waals surface area contributed by atoms with Crippen molar-refractivity contribution in [3.05, 3.63) is 59.7 Å². The number of aryl methyl sites for hydroxylation is 1. The maximum atomic E-state index is 12.0. The fourth-order valence-corrected chi connectivity index (χ4v) is 2.35. The molecule has 2 aromatic rings. The van der Waals surface area contributed by atoms with Gasteiger partial charge < -0.3 is 20.1 Å². The van der Waals surface area contributed by atoms with Crippen molar-refractivity contribution < 1.29 is 23.9 Å². The predicted molar refractivity (Wildman–Crippen MR) is 101 cm³/mol. The maximum absolute atomic E-state index is 12.0. The summed E-state index contributed by atoms with van der Waals surface area (Å²) in [6.07, 6.45) is 0.770. The smallest absolute Gasteiger partial charge is 0.325 e. The van der Waals surface area contributed by atoms with E-state index in [-0.39, 0.29) is 6.54 Å². The number of carbonyl (C=O) groups is 3. The van der Waals surface area contributed by atoms with Crippen LogP contribution in [0.25, 0.3) is 0 Å². The Morgan fingerprint density at radius 3 is 2.56 bits per heavy atom. The number of para-hydroxylation sites is 1. The monoisotopic (exact) mass is 370 g/mol. The van der Waals surface area contributed by atoms with E-state index in [2.05, 4.69) is 10.6 Å². The van der Waals surface area contributed by atoms with Gasteiger partial charge in [0.1, 0.15) is 12.3 Å². The van der Waals surface area contributed by atoms with Gasteiger partial charge in [-0.1, -0.05) is 31.2 Å². The third-order valence-electron chi connectivity index (χ3n) is 3.76. The zero-order valence-corrected chi connectivity index (χ0v) is 15.3. The molecule has 2 aromatic carbocycles. The normalized spacial score (nSPS) is 10.0. The van der Waals surface area contributed by atoms with E-state index in [4.69, 9.17) is 9.47 Å². The standard InChI is InChI=1S/C20H22N2O5/c1-3-14-7-4-5-10-17(14)22-18(23)13-27-19(24)12-21-20(25)15-8-6-9-16(11-15)26-2/h4-11H,3,12-13H2,1-2H3,(H,21,25)(H,22,23). The van der Waals surface area contributed by atoms with Crippen LogP contribution in [0.4, 0.5) is 5.69 Å². The number of hydrogen-bond donors (Lipinski definition) is 2. The van der Waals surface area contributed by atoms with Crippen LogP contribution >= 0.6 is 0 Å². The summed E-state index contributed by atoms with van der Waals surface area (Å²) in [6.45, 7) is 1.22. The number of anilines is 1. The molecule has 0 saturated heterocycles. The second-order valence-electron chi connectivity index (χ2n) is 5.63. The molecule has 0 radical (unpaired) electrons. The van der Waals surface area contributed by atoms with Crippen LogP contribution in [0.5, 0.6) is 5.75 Å². The first kappa shape index (κ1) is 20.0. The lowest BCUT2D eigenvalue weighted by Crippen LogP contribution is -2.32. The number of benzene rings is 2. The molecule has 0 fully saturated rings. The summed E-state index contributed by atoms with van der Waals surface area (Å²) in [5.74, 6) is -1.05. The molecule has 0 spiro atoms. The molecule has 0 aliphatic rings. The first-order valence-electron chi connectivity index (χ1n) is 8.49. The molecule has 0 saturated carbocycles. The molecule has 0 aromatic heterocycles. The molecule has 0 atom stereocenters. The Hall–Kier alpha value is -3.35. The van der Waals surface area contributed by atoms with E-state index in [9.17, 15) is 14.4 Å². The fraction of sp³-hybridized carbons (Fsp3) is 0.250. The van der Waals surface area contributed by atoms with Crippen LogP contribution in [-0.2, 0) is 20.7 Å². The van der Waals surface area contributed by atoms with Crippen molar-refractivity contribution in [1.29, 1.82) is 0 Å². The fourth-order valence-electron chi connectivity index (χ4n) is 2.35. The molecule has 0 bridgehead atoms. The highest BCUT2D eigenvalue weighted by atomic mass is 16.5. The molecule has 27 heavy (non-hydrogen) atoms. The number of ether oxygens (including phenoxy) is 2. The average Bonchev–Trinajstić information content (AvgIpc) is 2.70. The van der Waals surface area contributed by atoms with E-state index in [1.54, 1.807) is 30.3 Å². The Labute approximate surface area is 157 Å². The molecule has 142 valence electrons. The van der Waals surface area contributed by atoms with Crippen molar-refractivity contribution in [2.24, 2.45) is 0 Å². The van der Waals surface area contributed by atoms with Crippen LogP contribution in [0.3, 0.4) is 0 Å².